The second-order valence-electron chi connectivity index (χ2n) is 3.14. The van der Waals surface area contributed by atoms with Gasteiger partial charge in [0.05, 0.1) is 12.0 Å². The molecule has 0 amide bonds. The summed E-state index contributed by atoms with van der Waals surface area (Å²) < 4.78 is 24.1. The highest BCUT2D eigenvalue weighted by molar-refractivity contribution is 7.92. The molecule has 0 heterocycles. The molecule has 0 saturated heterocycles. The van der Waals surface area contributed by atoms with Gasteiger partial charge in [-0.3, -0.25) is 4.72 Å². The van der Waals surface area contributed by atoms with Crippen LogP contribution in [0.15, 0.2) is 29.4 Å². The molecular formula is C9H12N2O3S. The molecular weight excluding hydrogens is 216 g/mol. The molecule has 1 aromatic rings. The molecule has 6 heteroatoms. The van der Waals surface area contributed by atoms with Gasteiger partial charge in [-0.15, -0.1) is 0 Å². The zero-order valence-electron chi connectivity index (χ0n) is 8.43. The van der Waals surface area contributed by atoms with Crippen LogP contribution in [0.5, 0.6) is 0 Å². The maximum absolute atomic E-state index is 10.9. The van der Waals surface area contributed by atoms with Gasteiger partial charge in [-0.05, 0) is 24.6 Å². The molecule has 0 spiro atoms. The van der Waals surface area contributed by atoms with Gasteiger partial charge in [0, 0.05) is 5.69 Å². The third kappa shape index (κ3) is 3.59. The summed E-state index contributed by atoms with van der Waals surface area (Å²) >= 11 is 0. The fourth-order valence-corrected chi connectivity index (χ4v) is 1.62. The Bertz CT molecular complexity index is 463. The van der Waals surface area contributed by atoms with Gasteiger partial charge in [-0.1, -0.05) is 17.3 Å². The van der Waals surface area contributed by atoms with Crippen molar-refractivity contribution < 1.29 is 13.6 Å². The normalized spacial score (nSPS) is 12.5. The van der Waals surface area contributed by atoms with Crippen LogP contribution in [-0.2, 0) is 10.0 Å². The minimum atomic E-state index is -3.25. The van der Waals surface area contributed by atoms with Crippen LogP contribution in [0.4, 0.5) is 5.69 Å². The van der Waals surface area contributed by atoms with E-state index in [4.69, 9.17) is 5.21 Å². The summed E-state index contributed by atoms with van der Waals surface area (Å²) in [6, 6.07) is 6.54. The lowest BCUT2D eigenvalue weighted by molar-refractivity contribution is 0.319. The first kappa shape index (κ1) is 11.5. The van der Waals surface area contributed by atoms with Crippen molar-refractivity contribution in [1.29, 1.82) is 0 Å². The van der Waals surface area contributed by atoms with Crippen LogP contribution in [0, 0.1) is 0 Å². The SMILES string of the molecule is C/C(=N\O)c1ccc(NS(C)(=O)=O)cc1. The number of nitrogens with one attached hydrogen (secondary N) is 1. The van der Waals surface area contributed by atoms with Gasteiger partial charge < -0.3 is 5.21 Å². The molecule has 0 atom stereocenters. The van der Waals surface area contributed by atoms with Crippen LogP contribution in [0.1, 0.15) is 12.5 Å². The predicted molar refractivity (Wildman–Crippen MR) is 58.9 cm³/mol. The molecule has 0 radical (unpaired) electrons. The smallest absolute Gasteiger partial charge is 0.229 e. The monoisotopic (exact) mass is 228 g/mol. The molecule has 1 rings (SSSR count). The Morgan fingerprint density at radius 1 is 1.33 bits per heavy atom. The lowest BCUT2D eigenvalue weighted by atomic mass is 10.1. The molecule has 0 aliphatic rings. The van der Waals surface area contributed by atoms with Crippen molar-refractivity contribution >= 4 is 21.4 Å². The topological polar surface area (TPSA) is 78.8 Å². The second-order valence-corrected chi connectivity index (χ2v) is 4.89. The van der Waals surface area contributed by atoms with Crippen LogP contribution in [0.3, 0.4) is 0 Å². The molecule has 0 aromatic heterocycles. The Labute approximate surface area is 88.5 Å². The highest BCUT2D eigenvalue weighted by Crippen LogP contribution is 2.11. The first-order chi connectivity index (χ1) is 6.92. The number of anilines is 1. The fraction of sp³-hybridized carbons (Fsp3) is 0.222. The largest absolute Gasteiger partial charge is 0.411 e. The van der Waals surface area contributed by atoms with E-state index in [-0.39, 0.29) is 0 Å². The molecule has 1 aromatic carbocycles. The lowest BCUT2D eigenvalue weighted by Crippen LogP contribution is -2.09. The van der Waals surface area contributed by atoms with E-state index in [0.29, 0.717) is 11.4 Å². The van der Waals surface area contributed by atoms with Crippen molar-refractivity contribution in [2.75, 3.05) is 11.0 Å². The molecule has 0 fully saturated rings. The summed E-state index contributed by atoms with van der Waals surface area (Å²) in [6.07, 6.45) is 1.08. The van der Waals surface area contributed by atoms with Crippen LogP contribution in [0.2, 0.25) is 0 Å². The first-order valence-corrected chi connectivity index (χ1v) is 6.08. The van der Waals surface area contributed by atoms with Gasteiger partial charge in [0.2, 0.25) is 10.0 Å². The van der Waals surface area contributed by atoms with E-state index in [2.05, 4.69) is 9.88 Å². The molecule has 15 heavy (non-hydrogen) atoms. The fourth-order valence-electron chi connectivity index (χ4n) is 1.05. The van der Waals surface area contributed by atoms with Gasteiger partial charge in [0.1, 0.15) is 0 Å². The number of sulfonamides is 1. The van der Waals surface area contributed by atoms with Gasteiger partial charge in [0.25, 0.3) is 0 Å². The number of benzene rings is 1. The van der Waals surface area contributed by atoms with E-state index in [0.717, 1.165) is 11.8 Å². The zero-order chi connectivity index (χ0) is 11.5. The first-order valence-electron chi connectivity index (χ1n) is 4.19. The molecule has 5 nitrogen and oxygen atoms in total. The predicted octanol–water partition coefficient (Wildman–Crippen LogP) is 1.26. The molecule has 0 bridgehead atoms. The Kier molecular flexibility index (Phi) is 3.31. The van der Waals surface area contributed by atoms with Gasteiger partial charge >= 0.3 is 0 Å². The molecule has 0 aliphatic heterocycles. The zero-order valence-corrected chi connectivity index (χ0v) is 9.25. The van der Waals surface area contributed by atoms with E-state index in [9.17, 15) is 8.42 Å². The van der Waals surface area contributed by atoms with Gasteiger partial charge in [-0.2, -0.15) is 0 Å². The van der Waals surface area contributed by atoms with E-state index >= 15 is 0 Å². The quantitative estimate of drug-likeness (QED) is 0.464. The minimum absolute atomic E-state index is 0.473. The number of hydrogen-bond donors (Lipinski definition) is 2. The van der Waals surface area contributed by atoms with Crippen molar-refractivity contribution in [2.45, 2.75) is 6.92 Å². The molecule has 2 N–H and O–H groups in total. The molecule has 0 aliphatic carbocycles. The minimum Gasteiger partial charge on any atom is -0.411 e. The Morgan fingerprint density at radius 2 is 1.87 bits per heavy atom. The average molecular weight is 228 g/mol. The van der Waals surface area contributed by atoms with Crippen molar-refractivity contribution in [3.63, 3.8) is 0 Å². The van der Waals surface area contributed by atoms with E-state index in [1.54, 1.807) is 31.2 Å². The second kappa shape index (κ2) is 4.31. The van der Waals surface area contributed by atoms with Crippen LogP contribution in [-0.4, -0.2) is 25.6 Å². The van der Waals surface area contributed by atoms with Gasteiger partial charge in [-0.25, -0.2) is 8.42 Å². The Morgan fingerprint density at radius 3 is 2.27 bits per heavy atom. The molecule has 0 saturated carbocycles. The maximum atomic E-state index is 10.9. The van der Waals surface area contributed by atoms with Gasteiger partial charge in [0.15, 0.2) is 0 Å². The third-order valence-corrected chi connectivity index (χ3v) is 2.36. The number of nitrogens with zero attached hydrogens (tertiary/aromatic N) is 1. The van der Waals surface area contributed by atoms with Crippen molar-refractivity contribution in [3.8, 4) is 0 Å². The van der Waals surface area contributed by atoms with Crippen molar-refractivity contribution in [2.24, 2.45) is 5.16 Å². The van der Waals surface area contributed by atoms with E-state index in [1.807, 2.05) is 0 Å². The van der Waals surface area contributed by atoms with Crippen molar-refractivity contribution in [1.82, 2.24) is 0 Å². The Balaban J connectivity index is 2.91. The van der Waals surface area contributed by atoms with Crippen LogP contribution in [0.25, 0.3) is 0 Å². The van der Waals surface area contributed by atoms with Crippen molar-refractivity contribution in [3.05, 3.63) is 29.8 Å². The van der Waals surface area contributed by atoms with Crippen LogP contribution < -0.4 is 4.72 Å². The maximum Gasteiger partial charge on any atom is 0.229 e. The summed E-state index contributed by atoms with van der Waals surface area (Å²) in [6.45, 7) is 1.65. The highest BCUT2D eigenvalue weighted by Gasteiger charge is 2.02. The summed E-state index contributed by atoms with van der Waals surface area (Å²) in [7, 11) is -3.25. The summed E-state index contributed by atoms with van der Waals surface area (Å²) in [5.74, 6) is 0. The Hall–Kier alpha value is -1.56. The standard InChI is InChI=1S/C9H12N2O3S/c1-7(10-12)8-3-5-9(6-4-8)11-15(2,13)14/h3-6,11-12H,1-2H3/b10-7+. The number of oxime groups is 1. The molecule has 0 unspecified atom stereocenters. The summed E-state index contributed by atoms with van der Waals surface area (Å²) in [4.78, 5) is 0. The highest BCUT2D eigenvalue weighted by atomic mass is 32.2. The summed E-state index contributed by atoms with van der Waals surface area (Å²) in [5, 5.41) is 11.6. The third-order valence-electron chi connectivity index (χ3n) is 1.76. The molecule has 82 valence electrons. The van der Waals surface area contributed by atoms with Crippen LogP contribution >= 0.6 is 0 Å². The van der Waals surface area contributed by atoms with E-state index in [1.165, 1.54) is 0 Å². The average Bonchev–Trinajstić information content (AvgIpc) is 2.15. The van der Waals surface area contributed by atoms with E-state index < -0.39 is 10.0 Å². The number of hydrogen-bond acceptors (Lipinski definition) is 4. The lowest BCUT2D eigenvalue weighted by Gasteiger charge is -2.04. The number of rotatable bonds is 3. The summed E-state index contributed by atoms with van der Waals surface area (Å²) in [5.41, 5.74) is 1.68.